The molecule has 2 aromatic heterocycles. The van der Waals surface area contributed by atoms with Crippen molar-refractivity contribution < 1.29 is 19.4 Å². The van der Waals surface area contributed by atoms with Gasteiger partial charge in [0.25, 0.3) is 0 Å². The molecule has 0 unspecified atom stereocenters. The Morgan fingerprint density at radius 3 is 2.47 bits per heavy atom. The van der Waals surface area contributed by atoms with Gasteiger partial charge in [0, 0.05) is 23.8 Å². The highest BCUT2D eigenvalue weighted by Gasteiger charge is 2.19. The molecule has 162 valence electrons. The zero-order valence-corrected chi connectivity index (χ0v) is 17.9. The number of fused-ring (bicyclic) bond motifs is 3. The Labute approximate surface area is 183 Å². The zero-order chi connectivity index (χ0) is 22.4. The lowest BCUT2D eigenvalue weighted by Crippen LogP contribution is -2.30. The van der Waals surface area contributed by atoms with Crippen molar-refractivity contribution >= 4 is 33.1 Å². The van der Waals surface area contributed by atoms with E-state index >= 15 is 0 Å². The summed E-state index contributed by atoms with van der Waals surface area (Å²) in [5.41, 5.74) is 3.33. The van der Waals surface area contributed by atoms with E-state index in [4.69, 9.17) is 9.47 Å². The lowest BCUT2D eigenvalue weighted by Gasteiger charge is -2.13. The Kier molecular flexibility index (Phi) is 4.70. The van der Waals surface area contributed by atoms with Gasteiger partial charge < -0.3 is 19.9 Å². The number of imidazole rings is 1. The summed E-state index contributed by atoms with van der Waals surface area (Å²) in [6.07, 6.45) is 0. The van der Waals surface area contributed by atoms with E-state index in [1.54, 1.807) is 43.5 Å². The predicted molar refractivity (Wildman–Crippen MR) is 121 cm³/mol. The average molecular weight is 430 g/mol. The molecule has 0 amide bonds. The van der Waals surface area contributed by atoms with Crippen molar-refractivity contribution in [2.75, 3.05) is 13.7 Å². The SMILES string of the molecule is COc1cc(-c2nc3cc4c(cc3n2)[n+]([O-])c2ccccc2n4O)ccc1OCC(C)C. The summed E-state index contributed by atoms with van der Waals surface area (Å²) in [5, 5.41) is 23.6. The van der Waals surface area contributed by atoms with Crippen molar-refractivity contribution in [1.29, 1.82) is 0 Å². The van der Waals surface area contributed by atoms with Crippen LogP contribution in [0, 0.1) is 11.1 Å². The Morgan fingerprint density at radius 2 is 1.72 bits per heavy atom. The Hall–Kier alpha value is -4.07. The number of rotatable bonds is 5. The minimum absolute atomic E-state index is 0.306. The van der Waals surface area contributed by atoms with Crippen LogP contribution in [-0.2, 0) is 0 Å². The summed E-state index contributed by atoms with van der Waals surface area (Å²) in [4.78, 5) is 9.23. The van der Waals surface area contributed by atoms with Crippen LogP contribution in [0.4, 0.5) is 0 Å². The van der Waals surface area contributed by atoms with Gasteiger partial charge in [-0.15, -0.1) is 0 Å². The molecule has 5 aromatic rings. The molecular formula is C24H22N4O4. The normalized spacial score (nSPS) is 11.6. The maximum Gasteiger partial charge on any atom is 0.246 e. The second-order valence-corrected chi connectivity index (χ2v) is 8.04. The van der Waals surface area contributed by atoms with Gasteiger partial charge in [0.05, 0.1) is 24.8 Å². The number of ether oxygens (including phenoxy) is 2. The number of methoxy groups -OCH3 is 1. The third kappa shape index (κ3) is 3.20. The molecule has 32 heavy (non-hydrogen) atoms. The van der Waals surface area contributed by atoms with Gasteiger partial charge in [-0.3, -0.25) is 0 Å². The minimum atomic E-state index is 0.306. The maximum absolute atomic E-state index is 12.9. The molecule has 0 saturated carbocycles. The first-order valence-electron chi connectivity index (χ1n) is 10.3. The molecule has 0 radical (unpaired) electrons. The summed E-state index contributed by atoms with van der Waals surface area (Å²) in [5.74, 6) is 2.15. The van der Waals surface area contributed by atoms with Gasteiger partial charge in [-0.1, -0.05) is 26.0 Å². The highest BCUT2D eigenvalue weighted by Crippen LogP contribution is 2.33. The van der Waals surface area contributed by atoms with E-state index in [1.807, 2.05) is 18.2 Å². The quantitative estimate of drug-likeness (QED) is 0.193. The van der Waals surface area contributed by atoms with E-state index in [0.717, 1.165) is 15.0 Å². The first-order valence-corrected chi connectivity index (χ1v) is 10.3. The van der Waals surface area contributed by atoms with Crippen LogP contribution in [0.1, 0.15) is 13.8 Å². The van der Waals surface area contributed by atoms with Gasteiger partial charge in [-0.05, 0) is 30.2 Å². The zero-order valence-electron chi connectivity index (χ0n) is 17.9. The molecule has 8 heteroatoms. The van der Waals surface area contributed by atoms with Crippen LogP contribution in [0.5, 0.6) is 11.5 Å². The van der Waals surface area contributed by atoms with Gasteiger partial charge in [0.1, 0.15) is 0 Å². The third-order valence-electron chi connectivity index (χ3n) is 5.29. The number of hydrogen-bond donors (Lipinski definition) is 1. The number of para-hydroxylation sites is 2. The summed E-state index contributed by atoms with van der Waals surface area (Å²) in [6, 6.07) is 15.7. The molecule has 0 aliphatic rings. The second-order valence-electron chi connectivity index (χ2n) is 8.04. The summed E-state index contributed by atoms with van der Waals surface area (Å²) < 4.78 is 13.1. The fraction of sp³-hybridized carbons (Fsp3) is 0.208. The van der Waals surface area contributed by atoms with Crippen LogP contribution in [0.2, 0.25) is 0 Å². The van der Waals surface area contributed by atoms with E-state index in [1.165, 1.54) is 0 Å². The van der Waals surface area contributed by atoms with Crippen molar-refractivity contribution in [1.82, 2.24) is 14.7 Å². The van der Waals surface area contributed by atoms with Gasteiger partial charge in [-0.25, -0.2) is 9.97 Å². The van der Waals surface area contributed by atoms with Crippen molar-refractivity contribution in [2.45, 2.75) is 13.8 Å². The molecule has 0 spiro atoms. The Balaban J connectivity index is 1.63. The van der Waals surface area contributed by atoms with Crippen molar-refractivity contribution in [3.63, 3.8) is 0 Å². The van der Waals surface area contributed by atoms with Crippen molar-refractivity contribution in [3.8, 4) is 22.9 Å². The third-order valence-corrected chi connectivity index (χ3v) is 5.29. The van der Waals surface area contributed by atoms with Gasteiger partial charge in [-0.2, -0.15) is 9.46 Å². The number of benzene rings is 3. The smallest absolute Gasteiger partial charge is 0.246 e. The molecule has 0 aliphatic heterocycles. The van der Waals surface area contributed by atoms with Crippen LogP contribution in [0.3, 0.4) is 0 Å². The van der Waals surface area contributed by atoms with Crippen LogP contribution in [0.25, 0.3) is 44.5 Å². The first-order chi connectivity index (χ1) is 15.5. The highest BCUT2D eigenvalue weighted by molar-refractivity contribution is 5.93. The monoisotopic (exact) mass is 430 g/mol. The fourth-order valence-electron chi connectivity index (χ4n) is 3.71. The predicted octanol–water partition coefficient (Wildman–Crippen LogP) is 4.32. The number of hydrogen-bond acceptors (Lipinski definition) is 6. The molecule has 0 aliphatic carbocycles. The van der Waals surface area contributed by atoms with Crippen LogP contribution in [-0.4, -0.2) is 33.6 Å². The number of aromatic nitrogens is 4. The van der Waals surface area contributed by atoms with Gasteiger partial charge in [0.2, 0.25) is 11.0 Å². The van der Waals surface area contributed by atoms with Crippen LogP contribution < -0.4 is 14.2 Å². The average Bonchev–Trinajstić information content (AvgIpc) is 3.23. The Bertz CT molecular complexity index is 1400. The first kappa shape index (κ1) is 19.9. The van der Waals surface area contributed by atoms with E-state index in [0.29, 0.717) is 62.9 Å². The highest BCUT2D eigenvalue weighted by atomic mass is 16.5. The van der Waals surface area contributed by atoms with Crippen LogP contribution in [0.15, 0.2) is 54.6 Å². The molecule has 8 nitrogen and oxygen atoms in total. The standard InChI is InChI=1S/C24H22N4O4/c1-14(2)13-32-22-9-8-15(10-23(22)31-3)24-25-16-11-20-21(12-17(16)26-24)28(30)19-7-5-4-6-18(19)27(20)29/h4-12,14,29H,13H2,1-3H3. The maximum atomic E-state index is 12.9. The minimum Gasteiger partial charge on any atom is -0.618 e. The van der Waals surface area contributed by atoms with E-state index in [2.05, 4.69) is 23.8 Å². The molecule has 3 aromatic carbocycles. The molecule has 0 atom stereocenters. The molecule has 1 N–H and O–H groups in total. The van der Waals surface area contributed by atoms with E-state index < -0.39 is 0 Å². The molecule has 0 bridgehead atoms. The molecule has 5 rings (SSSR count). The Morgan fingerprint density at radius 1 is 0.969 bits per heavy atom. The molecule has 2 heterocycles. The number of nitrogens with zero attached hydrogens (tertiary/aromatic N) is 4. The van der Waals surface area contributed by atoms with E-state index in [9.17, 15) is 10.4 Å². The summed E-state index contributed by atoms with van der Waals surface area (Å²) in [6.45, 7) is 4.75. The van der Waals surface area contributed by atoms with Crippen molar-refractivity contribution in [2.24, 2.45) is 5.92 Å². The molecule has 0 saturated heterocycles. The largest absolute Gasteiger partial charge is 0.618 e. The summed E-state index contributed by atoms with van der Waals surface area (Å²) >= 11 is 0. The lowest BCUT2D eigenvalue weighted by molar-refractivity contribution is -0.548. The van der Waals surface area contributed by atoms with E-state index in [-0.39, 0.29) is 0 Å². The second kappa shape index (κ2) is 7.56. The van der Waals surface area contributed by atoms with Crippen molar-refractivity contribution in [3.05, 3.63) is 59.8 Å². The summed E-state index contributed by atoms with van der Waals surface area (Å²) in [7, 11) is 1.59. The van der Waals surface area contributed by atoms with Crippen LogP contribution >= 0.6 is 0 Å². The van der Waals surface area contributed by atoms with Gasteiger partial charge >= 0.3 is 0 Å². The fourth-order valence-corrected chi connectivity index (χ4v) is 3.71. The lowest BCUT2D eigenvalue weighted by atomic mass is 10.2. The molecular weight excluding hydrogens is 408 g/mol. The topological polar surface area (TPSA) is 96.3 Å². The van der Waals surface area contributed by atoms with Gasteiger partial charge in [0.15, 0.2) is 28.4 Å². The molecule has 0 fully saturated rings.